The van der Waals surface area contributed by atoms with Crippen molar-refractivity contribution in [3.05, 3.63) is 29.8 Å². The van der Waals surface area contributed by atoms with E-state index in [-0.39, 0.29) is 24.0 Å². The Morgan fingerprint density at radius 1 is 1.29 bits per heavy atom. The summed E-state index contributed by atoms with van der Waals surface area (Å²) in [5, 5.41) is 3.36. The van der Waals surface area contributed by atoms with Gasteiger partial charge in [-0.3, -0.25) is 4.99 Å². The minimum atomic E-state index is -3.07. The van der Waals surface area contributed by atoms with Crippen LogP contribution in [0.15, 0.2) is 34.2 Å². The van der Waals surface area contributed by atoms with Crippen LogP contribution in [0.3, 0.4) is 0 Å². The Labute approximate surface area is 191 Å². The van der Waals surface area contributed by atoms with Crippen LogP contribution in [0.2, 0.25) is 0 Å². The van der Waals surface area contributed by atoms with E-state index in [9.17, 15) is 8.42 Å². The lowest BCUT2D eigenvalue weighted by Gasteiger charge is -2.30. The van der Waals surface area contributed by atoms with Crippen LogP contribution in [0.1, 0.15) is 25.3 Å². The van der Waals surface area contributed by atoms with Crippen LogP contribution in [-0.2, 0) is 16.6 Å². The van der Waals surface area contributed by atoms with Gasteiger partial charge in [0.15, 0.2) is 5.96 Å². The third kappa shape index (κ3) is 8.08. The summed E-state index contributed by atoms with van der Waals surface area (Å²) in [6.07, 6.45) is 5.11. The van der Waals surface area contributed by atoms with Crippen molar-refractivity contribution in [3.8, 4) is 0 Å². The van der Waals surface area contributed by atoms with Gasteiger partial charge in [-0.05, 0) is 49.6 Å². The van der Waals surface area contributed by atoms with Crippen molar-refractivity contribution in [3.63, 3.8) is 0 Å². The minimum Gasteiger partial charge on any atom is -0.357 e. The van der Waals surface area contributed by atoms with Crippen LogP contribution >= 0.6 is 35.7 Å². The molecule has 0 bridgehead atoms. The monoisotopic (exact) mass is 540 g/mol. The summed E-state index contributed by atoms with van der Waals surface area (Å²) in [6.45, 7) is 5.63. The average Bonchev–Trinajstić information content (AvgIpc) is 2.65. The van der Waals surface area contributed by atoms with Crippen molar-refractivity contribution < 1.29 is 8.42 Å². The Bertz CT molecular complexity index is 718. The molecule has 0 saturated carbocycles. The van der Waals surface area contributed by atoms with E-state index in [4.69, 9.17) is 4.99 Å². The van der Waals surface area contributed by atoms with E-state index in [2.05, 4.69) is 54.7 Å². The maximum atomic E-state index is 11.6. The molecule has 0 radical (unpaired) electrons. The summed E-state index contributed by atoms with van der Waals surface area (Å²) in [7, 11) is -1.02. The van der Waals surface area contributed by atoms with Crippen molar-refractivity contribution in [2.75, 3.05) is 45.7 Å². The van der Waals surface area contributed by atoms with Gasteiger partial charge in [-0.15, -0.1) is 35.7 Å². The first kappa shape index (κ1) is 25.5. The Balaban J connectivity index is 0.00000392. The summed E-state index contributed by atoms with van der Waals surface area (Å²) in [5.41, 5.74) is 1.25. The van der Waals surface area contributed by atoms with E-state index in [1.54, 1.807) is 16.1 Å². The van der Waals surface area contributed by atoms with Gasteiger partial charge in [0.1, 0.15) is 0 Å². The molecule has 9 heteroatoms. The molecule has 0 atom stereocenters. The number of nitrogens with one attached hydrogen (secondary N) is 1. The maximum Gasteiger partial charge on any atom is 0.211 e. The van der Waals surface area contributed by atoms with Gasteiger partial charge in [-0.1, -0.05) is 12.1 Å². The fourth-order valence-electron chi connectivity index (χ4n) is 3.19. The summed E-state index contributed by atoms with van der Waals surface area (Å²) >= 11 is 1.75. The van der Waals surface area contributed by atoms with E-state index >= 15 is 0 Å². The molecular formula is C19H33IN4O2S2. The van der Waals surface area contributed by atoms with Crippen LogP contribution in [-0.4, -0.2) is 69.3 Å². The van der Waals surface area contributed by atoms with Crippen LogP contribution in [0.25, 0.3) is 0 Å². The normalized spacial score (nSPS) is 16.5. The Hall–Kier alpha value is -0.520. The van der Waals surface area contributed by atoms with Crippen LogP contribution in [0.4, 0.5) is 0 Å². The quantitative estimate of drug-likeness (QED) is 0.249. The zero-order valence-electron chi connectivity index (χ0n) is 17.2. The predicted octanol–water partition coefficient (Wildman–Crippen LogP) is 3.10. The highest BCUT2D eigenvalue weighted by Crippen LogP contribution is 2.20. The van der Waals surface area contributed by atoms with Gasteiger partial charge in [-0.25, -0.2) is 12.7 Å². The van der Waals surface area contributed by atoms with Crippen molar-refractivity contribution >= 4 is 51.7 Å². The molecule has 0 unspecified atom stereocenters. The topological polar surface area (TPSA) is 65.0 Å². The number of thioether (sulfide) groups is 1. The average molecular weight is 541 g/mol. The summed E-state index contributed by atoms with van der Waals surface area (Å²) in [5.74, 6) is 1.34. The lowest BCUT2D eigenvalue weighted by Crippen LogP contribution is -2.40. The molecule has 2 rings (SSSR count). The molecule has 6 nitrogen and oxygen atoms in total. The molecule has 28 heavy (non-hydrogen) atoms. The summed E-state index contributed by atoms with van der Waals surface area (Å²) in [4.78, 5) is 8.22. The molecule has 1 aromatic carbocycles. The summed E-state index contributed by atoms with van der Waals surface area (Å²) in [6, 6.07) is 8.61. The van der Waals surface area contributed by atoms with Crippen molar-refractivity contribution in [1.29, 1.82) is 0 Å². The van der Waals surface area contributed by atoms with Crippen LogP contribution < -0.4 is 5.32 Å². The highest BCUT2D eigenvalue weighted by molar-refractivity contribution is 14.0. The number of piperidine rings is 1. The van der Waals surface area contributed by atoms with Gasteiger partial charge in [0.05, 0.1) is 6.26 Å². The standard InChI is InChI=1S/C19H32N4O2S2.HI/c1-5-20-19(22(2)15-17-6-8-18(26-3)9-7-17)21-14-16-10-12-23(13-11-16)27(4,24)25;/h6-9,16H,5,10-15H2,1-4H3,(H,20,21);1H. The molecule has 1 heterocycles. The zero-order valence-corrected chi connectivity index (χ0v) is 21.2. The first-order chi connectivity index (χ1) is 12.8. The zero-order chi connectivity index (χ0) is 19.9. The number of nitrogens with zero attached hydrogens (tertiary/aromatic N) is 3. The molecule has 1 aliphatic heterocycles. The van der Waals surface area contributed by atoms with Gasteiger partial charge >= 0.3 is 0 Å². The number of rotatable bonds is 7. The van der Waals surface area contributed by atoms with Crippen molar-refractivity contribution in [1.82, 2.24) is 14.5 Å². The molecule has 1 N–H and O–H groups in total. The largest absolute Gasteiger partial charge is 0.357 e. The van der Waals surface area contributed by atoms with E-state index < -0.39 is 10.0 Å². The molecule has 1 saturated heterocycles. The number of halogens is 1. The number of hydrogen-bond donors (Lipinski definition) is 1. The van der Waals surface area contributed by atoms with E-state index in [0.29, 0.717) is 19.0 Å². The van der Waals surface area contributed by atoms with Crippen LogP contribution in [0, 0.1) is 5.92 Å². The molecule has 0 aliphatic carbocycles. The molecule has 1 aromatic rings. The van der Waals surface area contributed by atoms with E-state index in [1.807, 2.05) is 0 Å². The van der Waals surface area contributed by atoms with Crippen molar-refractivity contribution in [2.24, 2.45) is 10.9 Å². The third-order valence-electron chi connectivity index (χ3n) is 4.82. The number of sulfonamides is 1. The summed E-state index contributed by atoms with van der Waals surface area (Å²) < 4.78 is 24.8. The van der Waals surface area contributed by atoms with Crippen LogP contribution in [0.5, 0.6) is 0 Å². The number of benzene rings is 1. The first-order valence-electron chi connectivity index (χ1n) is 9.41. The van der Waals surface area contributed by atoms with E-state index in [0.717, 1.165) is 38.4 Å². The number of hydrogen-bond acceptors (Lipinski definition) is 4. The third-order valence-corrected chi connectivity index (χ3v) is 6.86. The fourth-order valence-corrected chi connectivity index (χ4v) is 4.47. The SMILES string of the molecule is CCNC(=NCC1CCN(S(C)(=O)=O)CC1)N(C)Cc1ccc(SC)cc1.I. The first-order valence-corrected chi connectivity index (χ1v) is 12.5. The molecule has 0 aromatic heterocycles. The number of aliphatic imine (C=N–C) groups is 1. The second-order valence-corrected chi connectivity index (χ2v) is 9.87. The van der Waals surface area contributed by atoms with Gasteiger partial charge in [-0.2, -0.15) is 0 Å². The second-order valence-electron chi connectivity index (χ2n) is 7.00. The highest BCUT2D eigenvalue weighted by atomic mass is 127. The molecule has 1 aliphatic rings. The van der Waals surface area contributed by atoms with Gasteiger partial charge in [0.2, 0.25) is 10.0 Å². The highest BCUT2D eigenvalue weighted by Gasteiger charge is 2.24. The second kappa shape index (κ2) is 12.2. The maximum absolute atomic E-state index is 11.6. The smallest absolute Gasteiger partial charge is 0.211 e. The van der Waals surface area contributed by atoms with Gasteiger partial charge < -0.3 is 10.2 Å². The predicted molar refractivity (Wildman–Crippen MR) is 130 cm³/mol. The number of guanidine groups is 1. The molecular weight excluding hydrogens is 507 g/mol. The van der Waals surface area contributed by atoms with E-state index in [1.165, 1.54) is 16.7 Å². The molecule has 160 valence electrons. The molecule has 0 spiro atoms. The lowest BCUT2D eigenvalue weighted by atomic mass is 9.98. The van der Waals surface area contributed by atoms with Gasteiger partial charge in [0.25, 0.3) is 0 Å². The fraction of sp³-hybridized carbons (Fsp3) is 0.632. The van der Waals surface area contributed by atoms with Crippen molar-refractivity contribution in [2.45, 2.75) is 31.2 Å². The Kier molecular flexibility index (Phi) is 11.2. The lowest BCUT2D eigenvalue weighted by molar-refractivity contribution is 0.279. The Morgan fingerprint density at radius 3 is 2.39 bits per heavy atom. The molecule has 0 amide bonds. The molecule has 1 fully saturated rings. The van der Waals surface area contributed by atoms with Gasteiger partial charge in [0, 0.05) is 44.7 Å². The minimum absolute atomic E-state index is 0. The Morgan fingerprint density at radius 2 is 1.89 bits per heavy atom.